The van der Waals surface area contributed by atoms with E-state index in [0.29, 0.717) is 60.3 Å². The summed E-state index contributed by atoms with van der Waals surface area (Å²) in [5.74, 6) is 16.8. The number of hydrogen-bond donors (Lipinski definition) is 0. The van der Waals surface area contributed by atoms with Crippen molar-refractivity contribution in [2.45, 2.75) is 206 Å². The summed E-state index contributed by atoms with van der Waals surface area (Å²) in [6.07, 6.45) is 16.8. The number of ketones is 1. The number of carbonyl (C=O) groups is 1. The predicted octanol–water partition coefficient (Wildman–Crippen LogP) is 28.6. The molecule has 0 radical (unpaired) electrons. The average molecular weight is 1750 g/mol. The van der Waals surface area contributed by atoms with Gasteiger partial charge in [-0.3, -0.25) is 4.79 Å². The van der Waals surface area contributed by atoms with E-state index in [-0.39, 0.29) is 32.6 Å². The highest BCUT2D eigenvalue weighted by atomic mass is 32.2. The Hall–Kier alpha value is -7.90. The zero-order valence-electron chi connectivity index (χ0n) is 74.8. The summed E-state index contributed by atoms with van der Waals surface area (Å²) < 4.78 is 10.9. The van der Waals surface area contributed by atoms with Crippen molar-refractivity contribution in [2.75, 3.05) is 77.5 Å². The Labute approximate surface area is 754 Å². The minimum Gasteiger partial charge on any atom is -0.496 e. The topological polar surface area (TPSA) is 35.5 Å². The smallest absolute Gasteiger partial charge is 0.211 e. The maximum Gasteiger partial charge on any atom is 0.211 e. The van der Waals surface area contributed by atoms with Crippen molar-refractivity contribution in [3.05, 3.63) is 348 Å². The lowest BCUT2D eigenvalue weighted by atomic mass is 9.87. The Kier molecular flexibility index (Phi) is 36.3. The van der Waals surface area contributed by atoms with E-state index in [9.17, 15) is 4.79 Å². The van der Waals surface area contributed by atoms with E-state index in [1.54, 1.807) is 33.8 Å². The van der Waals surface area contributed by atoms with Crippen molar-refractivity contribution >= 4 is 104 Å². The summed E-state index contributed by atoms with van der Waals surface area (Å²) in [5, 5.41) is 5.29. The van der Waals surface area contributed by atoms with Crippen LogP contribution < -0.4 is 9.47 Å². The number of benzene rings is 13. The van der Waals surface area contributed by atoms with Crippen LogP contribution >= 0.6 is 0 Å². The van der Waals surface area contributed by atoms with Crippen LogP contribution in [0.3, 0.4) is 0 Å². The number of rotatable bonds is 15. The minimum absolute atomic E-state index is 0.0229. The van der Waals surface area contributed by atoms with Crippen LogP contribution in [-0.2, 0) is 87.1 Å². The summed E-state index contributed by atoms with van der Waals surface area (Å²) in [4.78, 5) is 26.4. The van der Waals surface area contributed by atoms with Crippen molar-refractivity contribution in [3.8, 4) is 11.5 Å². The van der Waals surface area contributed by atoms with Crippen LogP contribution in [-0.4, -0.2) is 83.3 Å². The van der Waals surface area contributed by atoms with Crippen LogP contribution in [0.5, 0.6) is 11.5 Å². The Morgan fingerprint density at radius 3 is 0.959 bits per heavy atom. The number of ether oxygens (including phenoxy) is 2. The lowest BCUT2D eigenvalue weighted by molar-refractivity contribution is 0.102. The Morgan fingerprint density at radius 2 is 0.607 bits per heavy atom. The van der Waals surface area contributed by atoms with Gasteiger partial charge in [-0.25, -0.2) is 0 Å². The number of hydrogen-bond acceptors (Lipinski definition) is 3. The second-order valence-corrected chi connectivity index (χ2v) is 49.7. The van der Waals surface area contributed by atoms with Crippen LogP contribution in [0.2, 0.25) is 0 Å². The summed E-state index contributed by atoms with van der Waals surface area (Å²) in [6, 6.07) is 111. The van der Waals surface area contributed by atoms with Gasteiger partial charge in [0.15, 0.2) is 54.7 Å². The molecule has 10 heteroatoms. The van der Waals surface area contributed by atoms with E-state index in [4.69, 9.17) is 9.47 Å². The van der Waals surface area contributed by atoms with Crippen molar-refractivity contribution in [1.82, 2.24) is 0 Å². The molecule has 0 saturated carbocycles. The van der Waals surface area contributed by atoms with E-state index in [1.165, 1.54) is 219 Å². The van der Waals surface area contributed by atoms with E-state index in [2.05, 4.69) is 348 Å². The first kappa shape index (κ1) is 93.3. The van der Waals surface area contributed by atoms with Crippen molar-refractivity contribution in [1.29, 1.82) is 0 Å². The largest absolute Gasteiger partial charge is 0.496 e. The zero-order valence-corrected chi connectivity index (χ0v) is 80.5. The fourth-order valence-corrected chi connectivity index (χ4v) is 32.7. The van der Waals surface area contributed by atoms with Gasteiger partial charge in [-0.15, -0.1) is 0 Å². The number of aryl methyl sites for hydroxylation is 4. The molecular weight excluding hydrogens is 1620 g/mol. The molecule has 5 heterocycles. The molecule has 0 aliphatic carbocycles. The zero-order chi connectivity index (χ0) is 85.6. The first-order valence-electron chi connectivity index (χ1n) is 44.4. The molecule has 0 aromatic heterocycles. The van der Waals surface area contributed by atoms with E-state index in [0.717, 1.165) is 22.8 Å². The standard InChI is InChI=1S/C21H21S.C19H17S.C16H19OS.C15H17OS.C15H23S.C14H21S.C12H15OS/c1-16-14-17(2)21(18(3)15-16)22(19-10-6-4-7-11-19)20-12-8-5-9-13-20;1-16-12-14-19(15-13-16)20(17-8-4-2-5-9-17)18-10-6-3-7-11-18;1-17-15-9-10-16(18-11-5-2-6-12-18)14-8-4-3-7-13(14)15;1-16-14-8-9-15(17-10-4-5-11-17)13-7-3-2-6-12(13)14;1-15(2,3)13-7-9-14(10-8-13)16-11-5-4-6-12-16;1-14(2,3)12-6-8-13(9-7-12)15-10-4-5-11-15;13-12(10-14-8-4-5-9-14)11-6-2-1-3-7-11/h4-15H,1-3H3;2-15H,1H3;3-4,7-10H,2,5-6,11-12H2,1H3;2-3,6-9H,4-5,10-11H2,1H3;7-10H,4-6,11-12H2,1-3H3;6-9H,4-5,10-11H2,1-3H3;1-3,6-7H,4-5,8-10H2/q7*+1. The third-order valence-corrected chi connectivity index (χ3v) is 40.3. The van der Waals surface area contributed by atoms with E-state index >= 15 is 0 Å². The molecule has 5 saturated heterocycles. The Bertz CT molecular complexity index is 5170. The number of methoxy groups -OCH3 is 2. The van der Waals surface area contributed by atoms with E-state index in [1.807, 2.05) is 30.3 Å². The molecule has 5 aliphatic heterocycles. The average Bonchev–Trinajstić information content (AvgIpc) is 0.843. The molecule has 18 rings (SSSR count). The summed E-state index contributed by atoms with van der Waals surface area (Å²) in [6.45, 7) is 22.5. The molecule has 0 unspecified atom stereocenters. The van der Waals surface area contributed by atoms with Gasteiger partial charge in [0.1, 0.15) is 69.0 Å². The minimum atomic E-state index is -0.0460. The maximum absolute atomic E-state index is 11.8. The third-order valence-electron chi connectivity index (χ3n) is 23.0. The fraction of sp³-hybridized carbons (Fsp3) is 0.330. The van der Waals surface area contributed by atoms with Crippen LogP contribution in [0.15, 0.2) is 358 Å². The molecule has 122 heavy (non-hydrogen) atoms. The van der Waals surface area contributed by atoms with Crippen molar-refractivity contribution < 1.29 is 14.3 Å². The highest BCUT2D eigenvalue weighted by molar-refractivity contribution is 7.99. The second kappa shape index (κ2) is 47.4. The molecule has 5 fully saturated rings. The van der Waals surface area contributed by atoms with Gasteiger partial charge < -0.3 is 9.47 Å². The van der Waals surface area contributed by atoms with Gasteiger partial charge in [0, 0.05) is 81.8 Å². The second-order valence-electron chi connectivity index (χ2n) is 34.4. The summed E-state index contributed by atoms with van der Waals surface area (Å²) >= 11 is 0. The van der Waals surface area contributed by atoms with Crippen LogP contribution in [0.1, 0.15) is 162 Å². The van der Waals surface area contributed by atoms with Gasteiger partial charge in [0.2, 0.25) is 5.78 Å². The van der Waals surface area contributed by atoms with Gasteiger partial charge in [0.05, 0.1) is 36.0 Å². The highest BCUT2D eigenvalue weighted by Gasteiger charge is 2.35. The van der Waals surface area contributed by atoms with Gasteiger partial charge in [0.25, 0.3) is 0 Å². The SMILES string of the molecule is CC(C)(C)c1ccc([S+]2CCCC2)cc1.CC(C)(C)c1ccc([S+]2CCCCC2)cc1.COc1ccc([S+]2CCCC2)c2ccccc12.COc1ccc([S+]2CCCCC2)c2ccccc12.Cc1cc(C)c([S+](c2ccccc2)c2ccccc2)c(C)c1.Cc1ccc([S+](c2ccccc2)c2ccccc2)cc1.O=C(C[S+]1CCCC1)c1ccccc1. The van der Waals surface area contributed by atoms with Gasteiger partial charge in [-0.1, -0.05) is 241 Å². The lowest BCUT2D eigenvalue weighted by Crippen LogP contribution is -2.18. The van der Waals surface area contributed by atoms with Crippen LogP contribution in [0.25, 0.3) is 21.5 Å². The molecule has 3 nitrogen and oxygen atoms in total. The fourth-order valence-electron chi connectivity index (χ4n) is 16.4. The Morgan fingerprint density at radius 1 is 0.303 bits per heavy atom. The molecular formula is C112H133O3S7+7. The number of Topliss-reactive ketones (excluding diaryl/α,β-unsaturated/α-hetero) is 1. The third kappa shape index (κ3) is 26.8. The molecule has 0 atom stereocenters. The first-order chi connectivity index (χ1) is 59.3. The molecule has 0 bridgehead atoms. The maximum atomic E-state index is 11.8. The summed E-state index contributed by atoms with van der Waals surface area (Å²) in [5.41, 5.74) is 9.77. The molecule has 0 N–H and O–H groups in total. The van der Waals surface area contributed by atoms with Gasteiger partial charge in [-0.05, 0) is 259 Å². The van der Waals surface area contributed by atoms with Crippen molar-refractivity contribution in [2.24, 2.45) is 0 Å². The van der Waals surface area contributed by atoms with Gasteiger partial charge >= 0.3 is 0 Å². The molecule has 5 aliphatic rings. The number of fused-ring (bicyclic) bond motifs is 2. The van der Waals surface area contributed by atoms with Crippen LogP contribution in [0, 0.1) is 27.7 Å². The van der Waals surface area contributed by atoms with E-state index < -0.39 is 0 Å². The Balaban J connectivity index is 0.000000131. The van der Waals surface area contributed by atoms with Gasteiger partial charge in [-0.2, -0.15) is 0 Å². The lowest BCUT2D eigenvalue weighted by Gasteiger charge is -2.19. The molecule has 0 amide bonds. The molecule has 0 spiro atoms. The normalized spacial score (nSPS) is 15.2. The quantitative estimate of drug-likeness (QED) is 0.0758. The summed E-state index contributed by atoms with van der Waals surface area (Å²) in [7, 11) is 5.88. The molecule has 13 aromatic rings. The van der Waals surface area contributed by atoms with Crippen molar-refractivity contribution in [3.63, 3.8) is 0 Å². The predicted molar refractivity (Wildman–Crippen MR) is 543 cm³/mol. The monoisotopic (exact) mass is 1750 g/mol. The molecule has 634 valence electrons. The van der Waals surface area contributed by atoms with Crippen LogP contribution in [0.4, 0.5) is 0 Å². The molecule has 13 aromatic carbocycles. The number of carbonyl (C=O) groups excluding carboxylic acids is 1. The first-order valence-corrected chi connectivity index (χ1v) is 54.8. The highest BCUT2D eigenvalue weighted by Crippen LogP contribution is 2.40.